The lowest BCUT2D eigenvalue weighted by Crippen LogP contribution is -2.20. The Kier molecular flexibility index (Phi) is 7.15. The van der Waals surface area contributed by atoms with E-state index in [1.54, 1.807) is 6.20 Å². The van der Waals surface area contributed by atoms with Crippen LogP contribution in [0, 0.1) is 0 Å². The van der Waals surface area contributed by atoms with Crippen molar-refractivity contribution in [2.45, 2.75) is 6.42 Å². The molecule has 150 valence electrons. The number of nitrogens with one attached hydrogen (secondary N) is 3. The number of aromatic nitrogens is 2. The molecule has 0 atom stereocenters. The quantitative estimate of drug-likeness (QED) is 0.460. The number of carbonyl (C=O) groups is 1. The van der Waals surface area contributed by atoms with E-state index in [-0.39, 0.29) is 5.91 Å². The molecule has 1 amide bonds. The minimum Gasteiger partial charge on any atom is -0.339 e. The Balaban J connectivity index is 1.62. The minimum atomic E-state index is -0.00715. The normalized spacial score (nSPS) is 10.6. The first-order chi connectivity index (χ1) is 14.0. The average Bonchev–Trinajstić information content (AvgIpc) is 2.71. The number of hydrogen-bond acceptors (Lipinski definition) is 6. The number of nitrogens with zero attached hydrogens (tertiary/aromatic N) is 3. The predicted octanol–water partition coefficient (Wildman–Crippen LogP) is 4.62. The summed E-state index contributed by atoms with van der Waals surface area (Å²) in [5.74, 6) is 1.13. The molecule has 8 heteroatoms. The van der Waals surface area contributed by atoms with Gasteiger partial charge in [-0.15, -0.1) is 0 Å². The molecule has 7 nitrogen and oxygen atoms in total. The molecule has 0 aliphatic heterocycles. The molecule has 0 spiro atoms. The molecule has 0 saturated carbocycles. The summed E-state index contributed by atoms with van der Waals surface area (Å²) in [7, 11) is 3.89. The van der Waals surface area contributed by atoms with E-state index in [0.29, 0.717) is 24.7 Å². The van der Waals surface area contributed by atoms with Gasteiger partial charge in [0.15, 0.2) is 0 Å². The number of halogens is 1. The third kappa shape index (κ3) is 6.55. The van der Waals surface area contributed by atoms with Gasteiger partial charge in [-0.3, -0.25) is 4.79 Å². The fraction of sp³-hybridized carbons (Fsp3) is 0.190. The van der Waals surface area contributed by atoms with Crippen molar-refractivity contribution in [1.82, 2.24) is 14.9 Å². The fourth-order valence-corrected chi connectivity index (χ4v) is 2.78. The lowest BCUT2D eigenvalue weighted by Gasteiger charge is -2.11. The summed E-state index contributed by atoms with van der Waals surface area (Å²) in [4.78, 5) is 22.7. The topological polar surface area (TPSA) is 82.2 Å². The molecule has 0 unspecified atom stereocenters. The van der Waals surface area contributed by atoms with Gasteiger partial charge in [0.2, 0.25) is 11.9 Å². The van der Waals surface area contributed by atoms with E-state index < -0.39 is 0 Å². The zero-order valence-electron chi connectivity index (χ0n) is 16.3. The van der Waals surface area contributed by atoms with E-state index >= 15 is 0 Å². The van der Waals surface area contributed by atoms with Crippen LogP contribution in [0.25, 0.3) is 0 Å². The number of amides is 1. The molecule has 3 N–H and O–H groups in total. The number of benzene rings is 2. The van der Waals surface area contributed by atoms with Crippen LogP contribution in [-0.4, -0.2) is 41.4 Å². The Morgan fingerprint density at radius 3 is 2.31 bits per heavy atom. The van der Waals surface area contributed by atoms with Crippen molar-refractivity contribution >= 4 is 50.7 Å². The predicted molar refractivity (Wildman–Crippen MR) is 121 cm³/mol. The first-order valence-corrected chi connectivity index (χ1v) is 9.95. The summed E-state index contributed by atoms with van der Waals surface area (Å²) in [6.45, 7) is 0.714. The molecule has 0 aliphatic carbocycles. The van der Waals surface area contributed by atoms with Crippen molar-refractivity contribution in [2.24, 2.45) is 0 Å². The van der Waals surface area contributed by atoms with Gasteiger partial charge >= 0.3 is 0 Å². The molecule has 29 heavy (non-hydrogen) atoms. The molecular formula is C21H23BrN6O. The first kappa shape index (κ1) is 20.8. The van der Waals surface area contributed by atoms with Crippen LogP contribution in [0.2, 0.25) is 0 Å². The van der Waals surface area contributed by atoms with Crippen LogP contribution in [0.3, 0.4) is 0 Å². The number of anilines is 5. The van der Waals surface area contributed by atoms with Gasteiger partial charge in [0.25, 0.3) is 0 Å². The molecular weight excluding hydrogens is 432 g/mol. The molecule has 0 fully saturated rings. The highest BCUT2D eigenvalue weighted by molar-refractivity contribution is 9.10. The lowest BCUT2D eigenvalue weighted by molar-refractivity contribution is -0.116. The highest BCUT2D eigenvalue weighted by Crippen LogP contribution is 2.25. The minimum absolute atomic E-state index is 0.00715. The van der Waals surface area contributed by atoms with Crippen molar-refractivity contribution in [3.63, 3.8) is 0 Å². The summed E-state index contributed by atoms with van der Waals surface area (Å²) in [6.07, 6.45) is 2.15. The Morgan fingerprint density at radius 2 is 1.62 bits per heavy atom. The summed E-state index contributed by atoms with van der Waals surface area (Å²) < 4.78 is 0.766. The number of carbonyl (C=O) groups excluding carboxylic acids is 1. The van der Waals surface area contributed by atoms with Crippen LogP contribution in [0.4, 0.5) is 28.8 Å². The molecule has 3 rings (SSSR count). The number of para-hydroxylation sites is 1. The summed E-state index contributed by atoms with van der Waals surface area (Å²) in [6, 6.07) is 17.2. The molecule has 0 radical (unpaired) electrons. The van der Waals surface area contributed by atoms with Gasteiger partial charge in [0.1, 0.15) is 5.82 Å². The van der Waals surface area contributed by atoms with E-state index in [4.69, 9.17) is 0 Å². The van der Waals surface area contributed by atoms with Crippen LogP contribution in [-0.2, 0) is 4.79 Å². The standard InChI is InChI=1S/C21H23BrN6O/c1-28(2)13-12-19(29)24-16-8-10-17(11-9-16)26-21-23-14-18(22)20(27-21)25-15-6-4-3-5-7-15/h3-11,14H,12-13H2,1-2H3,(H,24,29)(H2,23,25,26,27). The Morgan fingerprint density at radius 1 is 0.966 bits per heavy atom. The highest BCUT2D eigenvalue weighted by atomic mass is 79.9. The van der Waals surface area contributed by atoms with Crippen molar-refractivity contribution in [3.8, 4) is 0 Å². The van der Waals surface area contributed by atoms with E-state index in [1.165, 1.54) is 0 Å². The fourth-order valence-electron chi connectivity index (χ4n) is 2.49. The summed E-state index contributed by atoms with van der Waals surface area (Å²) in [5.41, 5.74) is 2.51. The van der Waals surface area contributed by atoms with Crippen LogP contribution in [0.1, 0.15) is 6.42 Å². The Hall–Kier alpha value is -2.97. The molecule has 0 saturated heterocycles. The maximum absolute atomic E-state index is 11.9. The maximum Gasteiger partial charge on any atom is 0.229 e. The van der Waals surface area contributed by atoms with E-state index in [2.05, 4.69) is 41.8 Å². The molecule has 0 bridgehead atoms. The molecule has 3 aromatic rings. The zero-order chi connectivity index (χ0) is 20.6. The SMILES string of the molecule is CN(C)CCC(=O)Nc1ccc(Nc2ncc(Br)c(Nc3ccccc3)n2)cc1. The first-order valence-electron chi connectivity index (χ1n) is 9.16. The zero-order valence-corrected chi connectivity index (χ0v) is 17.9. The summed E-state index contributed by atoms with van der Waals surface area (Å²) in [5, 5.41) is 9.33. The highest BCUT2D eigenvalue weighted by Gasteiger charge is 2.07. The van der Waals surface area contributed by atoms with Crippen LogP contribution >= 0.6 is 15.9 Å². The van der Waals surface area contributed by atoms with Gasteiger partial charge in [-0.25, -0.2) is 4.98 Å². The average molecular weight is 455 g/mol. The van der Waals surface area contributed by atoms with E-state index in [9.17, 15) is 4.79 Å². The van der Waals surface area contributed by atoms with E-state index in [0.717, 1.165) is 21.5 Å². The third-order valence-corrected chi connectivity index (χ3v) is 4.57. The smallest absolute Gasteiger partial charge is 0.229 e. The maximum atomic E-state index is 11.9. The molecule has 0 aliphatic rings. The van der Waals surface area contributed by atoms with Crippen molar-refractivity contribution < 1.29 is 4.79 Å². The molecule has 1 aromatic heterocycles. The monoisotopic (exact) mass is 454 g/mol. The van der Waals surface area contributed by atoms with Crippen LogP contribution in [0.5, 0.6) is 0 Å². The van der Waals surface area contributed by atoms with Gasteiger partial charge in [0.05, 0.1) is 4.47 Å². The Bertz CT molecular complexity index is 947. The third-order valence-electron chi connectivity index (χ3n) is 3.99. The Labute approximate surface area is 178 Å². The largest absolute Gasteiger partial charge is 0.339 e. The van der Waals surface area contributed by atoms with Crippen molar-refractivity contribution in [3.05, 3.63) is 65.3 Å². The van der Waals surface area contributed by atoms with Gasteiger partial charge in [-0.2, -0.15) is 4.98 Å². The van der Waals surface area contributed by atoms with Crippen LogP contribution < -0.4 is 16.0 Å². The number of rotatable bonds is 8. The van der Waals surface area contributed by atoms with E-state index in [1.807, 2.05) is 73.6 Å². The van der Waals surface area contributed by atoms with Crippen LogP contribution in [0.15, 0.2) is 65.3 Å². The van der Waals surface area contributed by atoms with Crippen molar-refractivity contribution in [1.29, 1.82) is 0 Å². The summed E-state index contributed by atoms with van der Waals surface area (Å²) >= 11 is 3.47. The molecule has 2 aromatic carbocycles. The van der Waals surface area contributed by atoms with Gasteiger partial charge in [-0.1, -0.05) is 18.2 Å². The second kappa shape index (κ2) is 9.99. The van der Waals surface area contributed by atoms with Gasteiger partial charge < -0.3 is 20.9 Å². The number of hydrogen-bond donors (Lipinski definition) is 3. The second-order valence-electron chi connectivity index (χ2n) is 6.68. The van der Waals surface area contributed by atoms with Gasteiger partial charge in [0, 0.05) is 36.2 Å². The molecule has 1 heterocycles. The lowest BCUT2D eigenvalue weighted by atomic mass is 10.2. The van der Waals surface area contributed by atoms with Crippen molar-refractivity contribution in [2.75, 3.05) is 36.6 Å². The van der Waals surface area contributed by atoms with Gasteiger partial charge in [-0.05, 0) is 66.4 Å². The second-order valence-corrected chi connectivity index (χ2v) is 7.54.